The molecule has 0 spiro atoms. The molecule has 1 aromatic rings. The van der Waals surface area contributed by atoms with Crippen molar-refractivity contribution < 1.29 is 19.4 Å². The summed E-state index contributed by atoms with van der Waals surface area (Å²) in [7, 11) is 0. The molecule has 0 amide bonds. The van der Waals surface area contributed by atoms with Gasteiger partial charge in [-0.3, -0.25) is 0 Å². The van der Waals surface area contributed by atoms with Crippen LogP contribution >= 0.6 is 11.6 Å². The predicted molar refractivity (Wildman–Crippen MR) is 75.5 cm³/mol. The van der Waals surface area contributed by atoms with Gasteiger partial charge in [-0.2, -0.15) is 0 Å². The van der Waals surface area contributed by atoms with Crippen LogP contribution in [-0.4, -0.2) is 22.6 Å². The molecule has 0 aliphatic carbocycles. The normalized spacial score (nSPS) is 14.5. The first-order valence-electron chi connectivity index (χ1n) is 6.01. The summed E-state index contributed by atoms with van der Waals surface area (Å²) in [5, 5.41) is 9.82. The molecule has 1 atom stereocenters. The molecular formula is C14H18ClNO4. The highest BCUT2D eigenvalue weighted by Crippen LogP contribution is 2.27. The van der Waals surface area contributed by atoms with Crippen LogP contribution in [0, 0.1) is 6.92 Å². The van der Waals surface area contributed by atoms with Gasteiger partial charge in [0.05, 0.1) is 0 Å². The fourth-order valence-corrected chi connectivity index (χ4v) is 1.69. The Labute approximate surface area is 122 Å². The van der Waals surface area contributed by atoms with Gasteiger partial charge in [0.2, 0.25) is 5.54 Å². The number of halogens is 1. The molecule has 6 heteroatoms. The van der Waals surface area contributed by atoms with Crippen molar-refractivity contribution in [3.63, 3.8) is 0 Å². The Morgan fingerprint density at radius 1 is 1.30 bits per heavy atom. The number of carboxylic acids is 1. The van der Waals surface area contributed by atoms with Gasteiger partial charge in [0.15, 0.2) is 0 Å². The molecule has 0 aliphatic rings. The van der Waals surface area contributed by atoms with Gasteiger partial charge < -0.3 is 15.6 Å². The Hall–Kier alpha value is -1.59. The molecule has 0 saturated carbocycles. The van der Waals surface area contributed by atoms with Crippen LogP contribution in [0.2, 0.25) is 5.02 Å². The molecule has 0 aromatic heterocycles. The Kier molecular flexibility index (Phi) is 4.46. The van der Waals surface area contributed by atoms with Crippen LogP contribution in [0.25, 0.3) is 0 Å². The third-order valence-electron chi connectivity index (χ3n) is 2.67. The van der Waals surface area contributed by atoms with Crippen molar-refractivity contribution in [1.82, 2.24) is 0 Å². The van der Waals surface area contributed by atoms with Crippen molar-refractivity contribution in [3.8, 4) is 0 Å². The molecule has 0 aliphatic heterocycles. The molecule has 1 rings (SSSR count). The molecule has 0 saturated heterocycles. The third-order valence-corrected chi connectivity index (χ3v) is 3.10. The molecule has 1 unspecified atom stereocenters. The topological polar surface area (TPSA) is 89.6 Å². The van der Waals surface area contributed by atoms with E-state index in [9.17, 15) is 14.7 Å². The summed E-state index contributed by atoms with van der Waals surface area (Å²) in [5.74, 6) is -2.49. The first kappa shape index (κ1) is 16.5. The average Bonchev–Trinajstić information content (AvgIpc) is 2.29. The van der Waals surface area contributed by atoms with Gasteiger partial charge in [-0.1, -0.05) is 23.7 Å². The van der Waals surface area contributed by atoms with Gasteiger partial charge in [-0.15, -0.1) is 0 Å². The van der Waals surface area contributed by atoms with Crippen LogP contribution < -0.4 is 5.73 Å². The lowest BCUT2D eigenvalue weighted by Gasteiger charge is -2.28. The van der Waals surface area contributed by atoms with Crippen LogP contribution in [0.4, 0.5) is 0 Å². The number of carbonyl (C=O) groups is 2. The van der Waals surface area contributed by atoms with Crippen LogP contribution in [0.1, 0.15) is 31.9 Å². The van der Waals surface area contributed by atoms with E-state index in [4.69, 9.17) is 22.1 Å². The first-order chi connectivity index (χ1) is 8.98. The van der Waals surface area contributed by atoms with Gasteiger partial charge >= 0.3 is 11.9 Å². The second kappa shape index (κ2) is 5.42. The molecule has 110 valence electrons. The molecule has 20 heavy (non-hydrogen) atoms. The Morgan fingerprint density at radius 3 is 2.25 bits per heavy atom. The molecule has 1 aromatic carbocycles. The zero-order chi connectivity index (χ0) is 15.7. The summed E-state index contributed by atoms with van der Waals surface area (Å²) >= 11 is 5.89. The van der Waals surface area contributed by atoms with Crippen molar-refractivity contribution in [1.29, 1.82) is 0 Å². The van der Waals surface area contributed by atoms with Gasteiger partial charge in [0.25, 0.3) is 0 Å². The van der Waals surface area contributed by atoms with Crippen LogP contribution in [0.5, 0.6) is 0 Å². The predicted octanol–water partition coefficient (Wildman–Crippen LogP) is 2.23. The number of carboxylic acid groups (broad SMARTS) is 1. The van der Waals surface area contributed by atoms with E-state index >= 15 is 0 Å². The summed E-state index contributed by atoms with van der Waals surface area (Å²) in [4.78, 5) is 23.6. The van der Waals surface area contributed by atoms with E-state index in [1.807, 2.05) is 0 Å². The highest BCUT2D eigenvalue weighted by Gasteiger charge is 2.47. The zero-order valence-electron chi connectivity index (χ0n) is 11.9. The second-order valence-corrected chi connectivity index (χ2v) is 5.99. The van der Waals surface area contributed by atoms with Crippen LogP contribution in [-0.2, 0) is 19.9 Å². The Bertz CT molecular complexity index is 551. The van der Waals surface area contributed by atoms with Crippen molar-refractivity contribution in [3.05, 3.63) is 34.3 Å². The van der Waals surface area contributed by atoms with Crippen LogP contribution in [0.15, 0.2) is 18.2 Å². The number of hydrogen-bond donors (Lipinski definition) is 2. The summed E-state index contributed by atoms with van der Waals surface area (Å²) in [5.41, 5.74) is 3.47. The van der Waals surface area contributed by atoms with E-state index in [-0.39, 0.29) is 5.56 Å². The Balaban J connectivity index is 3.31. The summed E-state index contributed by atoms with van der Waals surface area (Å²) in [6.45, 7) is 6.62. The van der Waals surface area contributed by atoms with E-state index in [1.165, 1.54) is 18.2 Å². The van der Waals surface area contributed by atoms with Gasteiger partial charge in [0.1, 0.15) is 5.60 Å². The third kappa shape index (κ3) is 3.29. The minimum atomic E-state index is -2.26. The second-order valence-electron chi connectivity index (χ2n) is 5.58. The summed E-state index contributed by atoms with van der Waals surface area (Å²) < 4.78 is 5.11. The molecule has 0 fully saturated rings. The lowest BCUT2D eigenvalue weighted by atomic mass is 9.90. The fourth-order valence-electron chi connectivity index (χ4n) is 1.58. The van der Waals surface area contributed by atoms with E-state index < -0.39 is 23.1 Å². The summed E-state index contributed by atoms with van der Waals surface area (Å²) in [6.07, 6.45) is 0. The van der Waals surface area contributed by atoms with Crippen molar-refractivity contribution >= 4 is 23.5 Å². The summed E-state index contributed by atoms with van der Waals surface area (Å²) in [6, 6.07) is 4.38. The zero-order valence-corrected chi connectivity index (χ0v) is 12.6. The minimum absolute atomic E-state index is 0.126. The monoisotopic (exact) mass is 299 g/mol. The average molecular weight is 300 g/mol. The van der Waals surface area contributed by atoms with E-state index in [1.54, 1.807) is 27.7 Å². The van der Waals surface area contributed by atoms with Gasteiger partial charge in [0, 0.05) is 5.02 Å². The standard InChI is InChI=1S/C14H18ClNO4/c1-8-7-9(5-6-10(8)15)14(16,11(17)18)12(19)20-13(2,3)4/h5-7H,16H2,1-4H3,(H,17,18). The van der Waals surface area contributed by atoms with E-state index in [0.717, 1.165) is 0 Å². The number of esters is 1. The molecule has 0 heterocycles. The number of aryl methyl sites for hydroxylation is 1. The van der Waals surface area contributed by atoms with Gasteiger partial charge in [-0.05, 0) is 44.9 Å². The maximum atomic E-state index is 12.2. The molecular weight excluding hydrogens is 282 g/mol. The smallest absolute Gasteiger partial charge is 0.343 e. The highest BCUT2D eigenvalue weighted by molar-refractivity contribution is 6.31. The largest absolute Gasteiger partial charge is 0.479 e. The Morgan fingerprint density at radius 2 is 1.85 bits per heavy atom. The lowest BCUT2D eigenvalue weighted by Crippen LogP contribution is -2.54. The maximum Gasteiger partial charge on any atom is 0.343 e. The quantitative estimate of drug-likeness (QED) is 0.660. The van der Waals surface area contributed by atoms with E-state index in [0.29, 0.717) is 10.6 Å². The number of carbonyl (C=O) groups excluding carboxylic acids is 1. The van der Waals surface area contributed by atoms with E-state index in [2.05, 4.69) is 0 Å². The first-order valence-corrected chi connectivity index (χ1v) is 6.38. The molecule has 3 N–H and O–H groups in total. The molecule has 0 bridgehead atoms. The molecule has 5 nitrogen and oxygen atoms in total. The minimum Gasteiger partial charge on any atom is -0.479 e. The fraction of sp³-hybridized carbons (Fsp3) is 0.429. The van der Waals surface area contributed by atoms with Crippen molar-refractivity contribution in [2.24, 2.45) is 5.73 Å². The highest BCUT2D eigenvalue weighted by atomic mass is 35.5. The molecule has 0 radical (unpaired) electrons. The number of nitrogens with two attached hydrogens (primary N) is 1. The van der Waals surface area contributed by atoms with Crippen molar-refractivity contribution in [2.75, 3.05) is 0 Å². The maximum absolute atomic E-state index is 12.2. The lowest BCUT2D eigenvalue weighted by molar-refractivity contribution is -0.169. The number of hydrogen-bond acceptors (Lipinski definition) is 4. The number of rotatable bonds is 3. The number of aliphatic carboxylic acids is 1. The van der Waals surface area contributed by atoms with Gasteiger partial charge in [-0.25, -0.2) is 9.59 Å². The SMILES string of the molecule is Cc1cc(C(N)(C(=O)O)C(=O)OC(C)(C)C)ccc1Cl. The number of benzene rings is 1. The van der Waals surface area contributed by atoms with Crippen LogP contribution in [0.3, 0.4) is 0 Å². The number of ether oxygens (including phenoxy) is 1. The van der Waals surface area contributed by atoms with Crippen molar-refractivity contribution in [2.45, 2.75) is 38.8 Å².